The molecule has 0 aliphatic rings. The molecule has 1 rings (SSSR count). The molecular weight excluding hydrogens is 248 g/mol. The fourth-order valence-electron chi connectivity index (χ4n) is 0.872. The molecule has 80 valence electrons. The van der Waals surface area contributed by atoms with Crippen LogP contribution >= 0.6 is 35.7 Å². The van der Waals surface area contributed by atoms with E-state index in [2.05, 4.69) is 12.2 Å². The Labute approximate surface area is 102 Å². The van der Waals surface area contributed by atoms with E-state index in [1.807, 2.05) is 30.3 Å². The van der Waals surface area contributed by atoms with Gasteiger partial charge in [-0.2, -0.15) is 0 Å². The molecular formula is C10H10O2S3. The minimum Gasteiger partial charge on any atom is -0.477 e. The SMILES string of the molecule is O=C(O)C(=S)SCCSc1ccccc1. The van der Waals surface area contributed by atoms with Gasteiger partial charge in [-0.1, -0.05) is 30.4 Å². The Kier molecular flexibility index (Phi) is 5.75. The van der Waals surface area contributed by atoms with E-state index in [1.54, 1.807) is 11.8 Å². The molecule has 0 atom stereocenters. The fraction of sp³-hybridized carbons (Fsp3) is 0.200. The normalized spacial score (nSPS) is 9.87. The number of benzene rings is 1. The van der Waals surface area contributed by atoms with Crippen LogP contribution in [-0.4, -0.2) is 26.8 Å². The molecule has 5 heteroatoms. The lowest BCUT2D eigenvalue weighted by molar-refractivity contribution is -0.128. The standard InChI is InChI=1S/C10H10O2S3/c11-9(12)10(13)15-7-6-14-8-4-2-1-3-5-8/h1-5H,6-7H2,(H,11,12). The average molecular weight is 258 g/mol. The van der Waals surface area contributed by atoms with E-state index in [4.69, 9.17) is 5.11 Å². The summed E-state index contributed by atoms with van der Waals surface area (Å²) in [6, 6.07) is 10.0. The van der Waals surface area contributed by atoms with E-state index in [0.29, 0.717) is 0 Å². The first kappa shape index (κ1) is 12.5. The van der Waals surface area contributed by atoms with Crippen molar-refractivity contribution in [3.05, 3.63) is 30.3 Å². The second kappa shape index (κ2) is 6.87. The van der Waals surface area contributed by atoms with Gasteiger partial charge in [0.25, 0.3) is 0 Å². The number of carboxylic acid groups (broad SMARTS) is 1. The van der Waals surface area contributed by atoms with Crippen molar-refractivity contribution < 1.29 is 9.90 Å². The molecule has 0 radical (unpaired) electrons. The van der Waals surface area contributed by atoms with Gasteiger partial charge in [-0.3, -0.25) is 0 Å². The van der Waals surface area contributed by atoms with Gasteiger partial charge in [0.15, 0.2) is 4.20 Å². The Morgan fingerprint density at radius 3 is 2.53 bits per heavy atom. The number of hydrogen-bond donors (Lipinski definition) is 1. The maximum absolute atomic E-state index is 10.4. The number of carboxylic acids is 1. The largest absolute Gasteiger partial charge is 0.477 e. The maximum atomic E-state index is 10.4. The van der Waals surface area contributed by atoms with E-state index >= 15 is 0 Å². The Hall–Kier alpha value is -0.520. The van der Waals surface area contributed by atoms with Crippen LogP contribution in [0, 0.1) is 0 Å². The van der Waals surface area contributed by atoms with Crippen LogP contribution in [0.4, 0.5) is 0 Å². The summed E-state index contributed by atoms with van der Waals surface area (Å²) >= 11 is 7.58. The summed E-state index contributed by atoms with van der Waals surface area (Å²) in [7, 11) is 0. The number of rotatable bonds is 4. The first-order valence-electron chi connectivity index (χ1n) is 4.28. The highest BCUT2D eigenvalue weighted by atomic mass is 32.2. The highest BCUT2D eigenvalue weighted by Crippen LogP contribution is 2.18. The first-order chi connectivity index (χ1) is 7.20. The molecule has 0 unspecified atom stereocenters. The quantitative estimate of drug-likeness (QED) is 0.510. The number of thioether (sulfide) groups is 2. The van der Waals surface area contributed by atoms with E-state index in [-0.39, 0.29) is 4.20 Å². The minimum atomic E-state index is -1.00. The lowest BCUT2D eigenvalue weighted by atomic mass is 10.4. The van der Waals surface area contributed by atoms with Gasteiger partial charge < -0.3 is 5.11 Å². The van der Waals surface area contributed by atoms with Crippen LogP contribution in [-0.2, 0) is 4.79 Å². The van der Waals surface area contributed by atoms with Crippen LogP contribution < -0.4 is 0 Å². The summed E-state index contributed by atoms with van der Waals surface area (Å²) in [5.41, 5.74) is 0. The van der Waals surface area contributed by atoms with Crippen molar-refractivity contribution in [2.75, 3.05) is 11.5 Å². The third-order valence-electron chi connectivity index (χ3n) is 1.50. The summed E-state index contributed by atoms with van der Waals surface area (Å²) in [6.07, 6.45) is 0. The molecule has 0 aromatic heterocycles. The Balaban J connectivity index is 2.18. The van der Waals surface area contributed by atoms with Crippen LogP contribution in [0.5, 0.6) is 0 Å². The van der Waals surface area contributed by atoms with Crippen molar-refractivity contribution in [3.8, 4) is 0 Å². The molecule has 1 aromatic carbocycles. The molecule has 0 aliphatic carbocycles. The van der Waals surface area contributed by atoms with Gasteiger partial charge in [-0.15, -0.1) is 23.5 Å². The van der Waals surface area contributed by atoms with Gasteiger partial charge >= 0.3 is 5.97 Å². The lowest BCUT2D eigenvalue weighted by Gasteiger charge is -2.00. The molecule has 15 heavy (non-hydrogen) atoms. The zero-order chi connectivity index (χ0) is 11.1. The van der Waals surface area contributed by atoms with Crippen molar-refractivity contribution in [3.63, 3.8) is 0 Å². The van der Waals surface area contributed by atoms with Crippen molar-refractivity contribution in [1.29, 1.82) is 0 Å². The third-order valence-corrected chi connectivity index (χ3v) is 4.15. The van der Waals surface area contributed by atoms with E-state index in [1.165, 1.54) is 16.7 Å². The Morgan fingerprint density at radius 2 is 1.93 bits per heavy atom. The van der Waals surface area contributed by atoms with Gasteiger partial charge in [0.2, 0.25) is 0 Å². The van der Waals surface area contributed by atoms with Gasteiger partial charge in [0.1, 0.15) is 0 Å². The summed E-state index contributed by atoms with van der Waals surface area (Å²) in [4.78, 5) is 11.6. The highest BCUT2D eigenvalue weighted by molar-refractivity contribution is 8.25. The second-order valence-corrected chi connectivity index (χ2v) is 5.54. The van der Waals surface area contributed by atoms with Crippen LogP contribution in [0.3, 0.4) is 0 Å². The van der Waals surface area contributed by atoms with Crippen molar-refractivity contribution in [2.45, 2.75) is 4.90 Å². The van der Waals surface area contributed by atoms with Crippen molar-refractivity contribution >= 4 is 45.9 Å². The lowest BCUT2D eigenvalue weighted by Crippen LogP contribution is -2.06. The van der Waals surface area contributed by atoms with Gasteiger partial charge in [0.05, 0.1) is 0 Å². The number of carbonyl (C=O) groups is 1. The van der Waals surface area contributed by atoms with Crippen LogP contribution in [0.15, 0.2) is 35.2 Å². The fourth-order valence-corrected chi connectivity index (χ4v) is 2.68. The number of hydrogen-bond acceptors (Lipinski definition) is 4. The molecule has 0 bridgehead atoms. The van der Waals surface area contributed by atoms with Gasteiger partial charge in [0, 0.05) is 16.4 Å². The molecule has 0 saturated heterocycles. The summed E-state index contributed by atoms with van der Waals surface area (Å²) in [5, 5.41) is 8.53. The Bertz CT molecular complexity index is 338. The third kappa shape index (κ3) is 5.20. The van der Waals surface area contributed by atoms with Crippen molar-refractivity contribution in [1.82, 2.24) is 0 Å². The zero-order valence-electron chi connectivity index (χ0n) is 7.88. The molecule has 0 saturated carbocycles. The molecule has 0 aliphatic heterocycles. The van der Waals surface area contributed by atoms with E-state index < -0.39 is 5.97 Å². The predicted molar refractivity (Wildman–Crippen MR) is 69.9 cm³/mol. The summed E-state index contributed by atoms with van der Waals surface area (Å²) in [6.45, 7) is 0. The Morgan fingerprint density at radius 1 is 1.27 bits per heavy atom. The van der Waals surface area contributed by atoms with Gasteiger partial charge in [-0.25, -0.2) is 4.79 Å². The predicted octanol–water partition coefficient (Wildman–Crippen LogP) is 2.92. The van der Waals surface area contributed by atoms with Crippen LogP contribution in [0.2, 0.25) is 0 Å². The second-order valence-electron chi connectivity index (χ2n) is 2.60. The highest BCUT2D eigenvalue weighted by Gasteiger charge is 2.05. The van der Waals surface area contributed by atoms with E-state index in [9.17, 15) is 4.79 Å². The molecule has 0 fully saturated rings. The molecule has 2 nitrogen and oxygen atoms in total. The van der Waals surface area contributed by atoms with Gasteiger partial charge in [-0.05, 0) is 12.1 Å². The minimum absolute atomic E-state index is 0.0451. The first-order valence-corrected chi connectivity index (χ1v) is 6.66. The summed E-state index contributed by atoms with van der Waals surface area (Å²) < 4.78 is 0.0451. The molecule has 1 aromatic rings. The molecule has 0 spiro atoms. The maximum Gasteiger partial charge on any atom is 0.353 e. The smallest absolute Gasteiger partial charge is 0.353 e. The van der Waals surface area contributed by atoms with Crippen molar-refractivity contribution in [2.24, 2.45) is 0 Å². The summed E-state index contributed by atoms with van der Waals surface area (Å²) in [5.74, 6) is 0.590. The number of thiocarbonyl (C=S) groups is 1. The average Bonchev–Trinajstić information content (AvgIpc) is 2.25. The van der Waals surface area contributed by atoms with Crippen LogP contribution in [0.1, 0.15) is 0 Å². The topological polar surface area (TPSA) is 37.3 Å². The van der Waals surface area contributed by atoms with Crippen LogP contribution in [0.25, 0.3) is 0 Å². The number of aliphatic carboxylic acids is 1. The molecule has 0 amide bonds. The monoisotopic (exact) mass is 258 g/mol. The molecule has 0 heterocycles. The van der Waals surface area contributed by atoms with E-state index in [0.717, 1.165) is 11.5 Å². The zero-order valence-corrected chi connectivity index (χ0v) is 10.3. The molecule has 1 N–H and O–H groups in total.